The maximum absolute atomic E-state index is 10.8. The van der Waals surface area contributed by atoms with Crippen molar-refractivity contribution in [3.63, 3.8) is 0 Å². The Kier molecular flexibility index (Phi) is 3.66. The number of nitrogens with zero attached hydrogens (tertiary/aromatic N) is 2. The first kappa shape index (κ1) is 12.6. The molecule has 1 saturated heterocycles. The first-order valence-corrected chi connectivity index (χ1v) is 5.87. The summed E-state index contributed by atoms with van der Waals surface area (Å²) in [6.07, 6.45) is 1.08. The Balaban J connectivity index is 2.12. The van der Waals surface area contributed by atoms with Crippen LogP contribution in [0.25, 0.3) is 0 Å². The van der Waals surface area contributed by atoms with Crippen LogP contribution in [0.2, 0.25) is 0 Å². The summed E-state index contributed by atoms with van der Waals surface area (Å²) in [4.78, 5) is 12.6. The highest BCUT2D eigenvalue weighted by atomic mass is 16.6. The number of likely N-dealkylation sites (N-methyl/N-ethyl adjacent to an activating group) is 1. The van der Waals surface area contributed by atoms with Crippen LogP contribution in [0.3, 0.4) is 0 Å². The maximum Gasteiger partial charge on any atom is 0.311 e. The third-order valence-electron chi connectivity index (χ3n) is 3.14. The summed E-state index contributed by atoms with van der Waals surface area (Å²) in [5, 5.41) is 14.1. The van der Waals surface area contributed by atoms with Gasteiger partial charge >= 0.3 is 5.69 Å². The van der Waals surface area contributed by atoms with Gasteiger partial charge in [0.2, 0.25) is 0 Å². The van der Waals surface area contributed by atoms with Crippen molar-refractivity contribution in [3.8, 4) is 5.75 Å². The van der Waals surface area contributed by atoms with Gasteiger partial charge in [0, 0.05) is 30.4 Å². The smallest absolute Gasteiger partial charge is 0.311 e. The fraction of sp³-hybridized carbons (Fsp3) is 0.500. The quantitative estimate of drug-likeness (QED) is 0.652. The molecule has 6 nitrogen and oxygen atoms in total. The number of nitro benzene ring substituents is 1. The molecule has 0 radical (unpaired) electrons. The van der Waals surface area contributed by atoms with Crippen LogP contribution in [0, 0.1) is 10.1 Å². The van der Waals surface area contributed by atoms with Gasteiger partial charge < -0.3 is 15.0 Å². The molecule has 98 valence electrons. The molecule has 2 rings (SSSR count). The first-order valence-electron chi connectivity index (χ1n) is 5.87. The van der Waals surface area contributed by atoms with Gasteiger partial charge in [0.1, 0.15) is 0 Å². The van der Waals surface area contributed by atoms with Crippen LogP contribution in [0.4, 0.5) is 11.4 Å². The largest absolute Gasteiger partial charge is 0.490 e. The van der Waals surface area contributed by atoms with E-state index in [1.165, 1.54) is 13.2 Å². The Bertz CT molecular complexity index is 450. The summed E-state index contributed by atoms with van der Waals surface area (Å²) in [5.41, 5.74) is 0.851. The predicted octanol–water partition coefficient (Wildman–Crippen LogP) is 1.72. The van der Waals surface area contributed by atoms with Crippen LogP contribution in [0.15, 0.2) is 18.2 Å². The summed E-state index contributed by atoms with van der Waals surface area (Å²) in [6.45, 7) is 2.06. The molecule has 1 aliphatic rings. The van der Waals surface area contributed by atoms with E-state index in [9.17, 15) is 10.1 Å². The standard InChI is InChI=1S/C12H17N3O3/c1-14-6-5-10(8-14)13-9-3-4-11(15(16)17)12(7-9)18-2/h3-4,7,10,13H,5-6,8H2,1-2H3. The van der Waals surface area contributed by atoms with Crippen molar-refractivity contribution >= 4 is 11.4 Å². The molecule has 1 atom stereocenters. The van der Waals surface area contributed by atoms with Gasteiger partial charge in [-0.1, -0.05) is 0 Å². The maximum atomic E-state index is 10.8. The van der Waals surface area contributed by atoms with E-state index in [1.807, 2.05) is 0 Å². The zero-order valence-electron chi connectivity index (χ0n) is 10.5. The highest BCUT2D eigenvalue weighted by molar-refractivity contribution is 5.58. The van der Waals surface area contributed by atoms with Crippen molar-refractivity contribution in [1.29, 1.82) is 0 Å². The normalized spacial score (nSPS) is 19.8. The number of methoxy groups -OCH3 is 1. The second-order valence-corrected chi connectivity index (χ2v) is 4.54. The average molecular weight is 251 g/mol. The van der Waals surface area contributed by atoms with Crippen molar-refractivity contribution < 1.29 is 9.66 Å². The summed E-state index contributed by atoms with van der Waals surface area (Å²) >= 11 is 0. The van der Waals surface area contributed by atoms with E-state index in [4.69, 9.17) is 4.74 Å². The molecule has 0 saturated carbocycles. The van der Waals surface area contributed by atoms with Crippen LogP contribution >= 0.6 is 0 Å². The van der Waals surface area contributed by atoms with Gasteiger partial charge in [-0.15, -0.1) is 0 Å². The number of hydrogen-bond acceptors (Lipinski definition) is 5. The van der Waals surface area contributed by atoms with Gasteiger partial charge in [-0.05, 0) is 26.1 Å². The monoisotopic (exact) mass is 251 g/mol. The number of nitro groups is 1. The van der Waals surface area contributed by atoms with E-state index in [1.54, 1.807) is 12.1 Å². The fourth-order valence-corrected chi connectivity index (χ4v) is 2.21. The Labute approximate surface area is 106 Å². The van der Waals surface area contributed by atoms with Gasteiger partial charge in [0.15, 0.2) is 5.75 Å². The van der Waals surface area contributed by atoms with Gasteiger partial charge in [-0.2, -0.15) is 0 Å². The lowest BCUT2D eigenvalue weighted by molar-refractivity contribution is -0.385. The summed E-state index contributed by atoms with van der Waals surface area (Å²) in [6, 6.07) is 5.26. The molecule has 6 heteroatoms. The highest BCUT2D eigenvalue weighted by Crippen LogP contribution is 2.30. The molecule has 0 amide bonds. The molecule has 1 aliphatic heterocycles. The minimum Gasteiger partial charge on any atom is -0.490 e. The van der Waals surface area contributed by atoms with E-state index < -0.39 is 4.92 Å². The lowest BCUT2D eigenvalue weighted by atomic mass is 10.2. The zero-order valence-corrected chi connectivity index (χ0v) is 10.5. The Morgan fingerprint density at radius 1 is 1.56 bits per heavy atom. The predicted molar refractivity (Wildman–Crippen MR) is 69.2 cm³/mol. The number of nitrogens with one attached hydrogen (secondary N) is 1. The Morgan fingerprint density at radius 3 is 2.89 bits per heavy atom. The summed E-state index contributed by atoms with van der Waals surface area (Å²) < 4.78 is 5.04. The van der Waals surface area contributed by atoms with E-state index in [0.29, 0.717) is 6.04 Å². The SMILES string of the molecule is COc1cc(NC2CCN(C)C2)ccc1[N+](=O)[O-]. The minimum absolute atomic E-state index is 0.00779. The van der Waals surface area contributed by atoms with Crippen molar-refractivity contribution in [3.05, 3.63) is 28.3 Å². The molecular formula is C12H17N3O3. The highest BCUT2D eigenvalue weighted by Gasteiger charge is 2.20. The van der Waals surface area contributed by atoms with E-state index in [0.717, 1.165) is 25.2 Å². The molecule has 1 aromatic rings. The number of benzene rings is 1. The number of anilines is 1. The molecule has 1 aromatic carbocycles. The van der Waals surface area contributed by atoms with Crippen LogP contribution in [0.1, 0.15) is 6.42 Å². The van der Waals surface area contributed by atoms with Gasteiger partial charge in [-0.3, -0.25) is 10.1 Å². The third kappa shape index (κ3) is 2.70. The molecule has 0 aliphatic carbocycles. The van der Waals surface area contributed by atoms with E-state index >= 15 is 0 Å². The molecular weight excluding hydrogens is 234 g/mol. The summed E-state index contributed by atoms with van der Waals surface area (Å²) in [7, 11) is 3.52. The molecule has 0 bridgehead atoms. The molecule has 1 N–H and O–H groups in total. The van der Waals surface area contributed by atoms with Crippen molar-refractivity contribution in [2.24, 2.45) is 0 Å². The zero-order chi connectivity index (χ0) is 13.1. The Morgan fingerprint density at radius 2 is 2.33 bits per heavy atom. The van der Waals surface area contributed by atoms with Gasteiger partial charge in [0.05, 0.1) is 12.0 Å². The molecule has 0 aromatic heterocycles. The second-order valence-electron chi connectivity index (χ2n) is 4.54. The first-order chi connectivity index (χ1) is 8.60. The number of ether oxygens (including phenoxy) is 1. The van der Waals surface area contributed by atoms with E-state index in [2.05, 4.69) is 17.3 Å². The third-order valence-corrected chi connectivity index (χ3v) is 3.14. The van der Waals surface area contributed by atoms with Gasteiger partial charge in [0.25, 0.3) is 0 Å². The molecule has 1 unspecified atom stereocenters. The number of likely N-dealkylation sites (tertiary alicyclic amines) is 1. The molecule has 1 fully saturated rings. The lowest BCUT2D eigenvalue weighted by Gasteiger charge is -2.14. The number of rotatable bonds is 4. The van der Waals surface area contributed by atoms with Crippen LogP contribution in [-0.4, -0.2) is 43.1 Å². The topological polar surface area (TPSA) is 67.6 Å². The van der Waals surface area contributed by atoms with Gasteiger partial charge in [-0.25, -0.2) is 0 Å². The molecule has 0 spiro atoms. The van der Waals surface area contributed by atoms with E-state index in [-0.39, 0.29) is 11.4 Å². The molecule has 18 heavy (non-hydrogen) atoms. The van der Waals surface area contributed by atoms with Crippen molar-refractivity contribution in [2.75, 3.05) is 32.6 Å². The molecule has 1 heterocycles. The van der Waals surface area contributed by atoms with Crippen LogP contribution in [0.5, 0.6) is 5.75 Å². The van der Waals surface area contributed by atoms with Crippen LogP contribution < -0.4 is 10.1 Å². The summed E-state index contributed by atoms with van der Waals surface area (Å²) in [5.74, 6) is 0.288. The number of hydrogen-bond donors (Lipinski definition) is 1. The second kappa shape index (κ2) is 5.22. The van der Waals surface area contributed by atoms with Crippen LogP contribution in [-0.2, 0) is 0 Å². The minimum atomic E-state index is -0.439. The lowest BCUT2D eigenvalue weighted by Crippen LogP contribution is -2.23. The average Bonchev–Trinajstić information content (AvgIpc) is 2.74. The van der Waals surface area contributed by atoms with Crippen molar-refractivity contribution in [1.82, 2.24) is 4.90 Å². The van der Waals surface area contributed by atoms with Crippen molar-refractivity contribution in [2.45, 2.75) is 12.5 Å². The fourth-order valence-electron chi connectivity index (χ4n) is 2.21. The Hall–Kier alpha value is -1.82.